The van der Waals surface area contributed by atoms with Gasteiger partial charge in [-0.1, -0.05) is 12.1 Å². The largest absolute Gasteiger partial charge is 0.492 e. The molecule has 1 aromatic carbocycles. The van der Waals surface area contributed by atoms with Crippen molar-refractivity contribution in [1.29, 1.82) is 0 Å². The summed E-state index contributed by atoms with van der Waals surface area (Å²) in [5, 5.41) is 3.28. The SMILES string of the molecule is c1cc(OCCN2CCOCC2)cc(C2=NCCN2)c1. The molecule has 5 nitrogen and oxygen atoms in total. The molecule has 1 aromatic rings. The van der Waals surface area contributed by atoms with Crippen LogP contribution in [0.4, 0.5) is 0 Å². The average Bonchev–Trinajstić information content (AvgIpc) is 3.03. The van der Waals surface area contributed by atoms with Crippen molar-refractivity contribution >= 4 is 5.84 Å². The van der Waals surface area contributed by atoms with Gasteiger partial charge in [0.2, 0.25) is 0 Å². The second-order valence-corrected chi connectivity index (χ2v) is 4.99. The zero-order valence-corrected chi connectivity index (χ0v) is 11.7. The van der Waals surface area contributed by atoms with Crippen molar-refractivity contribution in [3.63, 3.8) is 0 Å². The van der Waals surface area contributed by atoms with Gasteiger partial charge in [-0.2, -0.15) is 0 Å². The molecule has 2 heterocycles. The lowest BCUT2D eigenvalue weighted by molar-refractivity contribution is 0.0322. The van der Waals surface area contributed by atoms with Crippen LogP contribution in [-0.4, -0.2) is 63.3 Å². The van der Waals surface area contributed by atoms with Gasteiger partial charge in [0.15, 0.2) is 0 Å². The molecule has 5 heteroatoms. The van der Waals surface area contributed by atoms with Gasteiger partial charge in [-0.3, -0.25) is 9.89 Å². The molecule has 0 radical (unpaired) electrons. The molecule has 20 heavy (non-hydrogen) atoms. The van der Waals surface area contributed by atoms with Crippen LogP contribution >= 0.6 is 0 Å². The lowest BCUT2D eigenvalue weighted by atomic mass is 10.2. The number of aliphatic imine (C=N–C) groups is 1. The third-order valence-electron chi connectivity index (χ3n) is 3.56. The first kappa shape index (κ1) is 13.4. The molecule has 1 saturated heterocycles. The summed E-state index contributed by atoms with van der Waals surface area (Å²) >= 11 is 0. The van der Waals surface area contributed by atoms with Gasteiger partial charge in [0.05, 0.1) is 19.8 Å². The molecule has 0 aromatic heterocycles. The minimum absolute atomic E-state index is 0.712. The second-order valence-electron chi connectivity index (χ2n) is 4.99. The van der Waals surface area contributed by atoms with Crippen molar-refractivity contribution in [2.45, 2.75) is 0 Å². The summed E-state index contributed by atoms with van der Waals surface area (Å²) in [4.78, 5) is 6.80. The van der Waals surface area contributed by atoms with Crippen molar-refractivity contribution in [3.05, 3.63) is 29.8 Å². The molecular weight excluding hydrogens is 254 g/mol. The van der Waals surface area contributed by atoms with E-state index in [4.69, 9.17) is 9.47 Å². The summed E-state index contributed by atoms with van der Waals surface area (Å²) in [6, 6.07) is 8.13. The lowest BCUT2D eigenvalue weighted by Crippen LogP contribution is -2.38. The Bertz CT molecular complexity index is 470. The number of hydrogen-bond donors (Lipinski definition) is 1. The van der Waals surface area contributed by atoms with E-state index < -0.39 is 0 Å². The van der Waals surface area contributed by atoms with E-state index in [9.17, 15) is 0 Å². The van der Waals surface area contributed by atoms with Crippen LogP contribution in [0.25, 0.3) is 0 Å². The first-order chi connectivity index (χ1) is 9.92. The normalized spacial score (nSPS) is 19.5. The first-order valence-corrected chi connectivity index (χ1v) is 7.23. The monoisotopic (exact) mass is 275 g/mol. The summed E-state index contributed by atoms with van der Waals surface area (Å²) in [7, 11) is 0. The Labute approximate surface area is 119 Å². The molecule has 108 valence electrons. The highest BCUT2D eigenvalue weighted by molar-refractivity contribution is 6.00. The molecule has 0 amide bonds. The van der Waals surface area contributed by atoms with Crippen molar-refractivity contribution in [2.75, 3.05) is 52.5 Å². The Morgan fingerprint density at radius 1 is 1.30 bits per heavy atom. The number of benzene rings is 1. The van der Waals surface area contributed by atoms with Gasteiger partial charge in [-0.15, -0.1) is 0 Å². The smallest absolute Gasteiger partial charge is 0.128 e. The zero-order valence-electron chi connectivity index (χ0n) is 11.7. The van der Waals surface area contributed by atoms with Crippen LogP contribution in [0.5, 0.6) is 5.75 Å². The van der Waals surface area contributed by atoms with Gasteiger partial charge in [0, 0.05) is 31.7 Å². The fraction of sp³-hybridized carbons (Fsp3) is 0.533. The molecule has 2 aliphatic heterocycles. The molecule has 1 N–H and O–H groups in total. The summed E-state index contributed by atoms with van der Waals surface area (Å²) in [5.41, 5.74) is 1.10. The minimum Gasteiger partial charge on any atom is -0.492 e. The first-order valence-electron chi connectivity index (χ1n) is 7.23. The number of rotatable bonds is 5. The Morgan fingerprint density at radius 2 is 2.20 bits per heavy atom. The predicted octanol–water partition coefficient (Wildman–Crippen LogP) is 0.747. The quantitative estimate of drug-likeness (QED) is 0.861. The van der Waals surface area contributed by atoms with Gasteiger partial charge in [-0.25, -0.2) is 0 Å². The third-order valence-corrected chi connectivity index (χ3v) is 3.56. The van der Waals surface area contributed by atoms with Gasteiger partial charge in [0.1, 0.15) is 18.2 Å². The van der Waals surface area contributed by atoms with Crippen molar-refractivity contribution < 1.29 is 9.47 Å². The average molecular weight is 275 g/mol. The van der Waals surface area contributed by atoms with Crippen LogP contribution in [0.1, 0.15) is 5.56 Å². The second kappa shape index (κ2) is 6.72. The summed E-state index contributed by atoms with van der Waals surface area (Å²) in [6.07, 6.45) is 0. The summed E-state index contributed by atoms with van der Waals surface area (Å²) in [5.74, 6) is 1.88. The molecule has 0 saturated carbocycles. The molecule has 0 atom stereocenters. The van der Waals surface area contributed by atoms with E-state index in [2.05, 4.69) is 27.3 Å². The number of hydrogen-bond acceptors (Lipinski definition) is 5. The maximum atomic E-state index is 5.84. The van der Waals surface area contributed by atoms with Gasteiger partial charge in [-0.05, 0) is 12.1 Å². The van der Waals surface area contributed by atoms with E-state index in [1.807, 2.05) is 12.1 Å². The summed E-state index contributed by atoms with van der Waals surface area (Å²) in [6.45, 7) is 7.13. The highest BCUT2D eigenvalue weighted by atomic mass is 16.5. The molecule has 0 spiro atoms. The van der Waals surface area contributed by atoms with Crippen molar-refractivity contribution in [3.8, 4) is 5.75 Å². The highest BCUT2D eigenvalue weighted by Crippen LogP contribution is 2.14. The van der Waals surface area contributed by atoms with Gasteiger partial charge < -0.3 is 14.8 Å². The predicted molar refractivity (Wildman–Crippen MR) is 78.6 cm³/mol. The Morgan fingerprint density at radius 3 is 3.00 bits per heavy atom. The Hall–Kier alpha value is -1.59. The molecule has 0 bridgehead atoms. The van der Waals surface area contributed by atoms with E-state index in [0.29, 0.717) is 6.61 Å². The maximum absolute atomic E-state index is 5.84. The van der Waals surface area contributed by atoms with Crippen LogP contribution in [0.15, 0.2) is 29.3 Å². The van der Waals surface area contributed by atoms with Crippen LogP contribution in [0.3, 0.4) is 0 Å². The lowest BCUT2D eigenvalue weighted by Gasteiger charge is -2.26. The molecule has 2 aliphatic rings. The van der Waals surface area contributed by atoms with Gasteiger partial charge in [0.25, 0.3) is 0 Å². The van der Waals surface area contributed by atoms with Crippen LogP contribution in [-0.2, 0) is 4.74 Å². The Balaban J connectivity index is 1.50. The van der Waals surface area contributed by atoms with E-state index >= 15 is 0 Å². The molecule has 0 unspecified atom stereocenters. The topological polar surface area (TPSA) is 46.1 Å². The van der Waals surface area contributed by atoms with E-state index in [1.165, 1.54) is 0 Å². The number of ether oxygens (including phenoxy) is 2. The van der Waals surface area contributed by atoms with E-state index in [-0.39, 0.29) is 0 Å². The van der Waals surface area contributed by atoms with Gasteiger partial charge >= 0.3 is 0 Å². The van der Waals surface area contributed by atoms with Crippen LogP contribution in [0, 0.1) is 0 Å². The van der Waals surface area contributed by atoms with Crippen molar-refractivity contribution in [1.82, 2.24) is 10.2 Å². The van der Waals surface area contributed by atoms with Crippen molar-refractivity contribution in [2.24, 2.45) is 4.99 Å². The number of morpholine rings is 1. The van der Waals surface area contributed by atoms with E-state index in [0.717, 1.165) is 63.1 Å². The highest BCUT2D eigenvalue weighted by Gasteiger charge is 2.11. The Kier molecular flexibility index (Phi) is 4.50. The molecule has 3 rings (SSSR count). The number of nitrogens with one attached hydrogen (secondary N) is 1. The molecule has 1 fully saturated rings. The number of amidine groups is 1. The van der Waals surface area contributed by atoms with Crippen LogP contribution < -0.4 is 10.1 Å². The fourth-order valence-electron chi connectivity index (χ4n) is 2.44. The minimum atomic E-state index is 0.712. The summed E-state index contributed by atoms with van der Waals surface area (Å²) < 4.78 is 11.2. The third kappa shape index (κ3) is 3.49. The maximum Gasteiger partial charge on any atom is 0.128 e. The molecular formula is C15H21N3O2. The number of nitrogens with zero attached hydrogens (tertiary/aromatic N) is 2. The standard InChI is InChI=1S/C15H21N3O2/c1-2-13(15-16-4-5-17-15)12-14(3-1)20-11-8-18-6-9-19-10-7-18/h1-3,12H,4-11H2,(H,16,17). The van der Waals surface area contributed by atoms with Crippen LogP contribution in [0.2, 0.25) is 0 Å². The fourth-order valence-corrected chi connectivity index (χ4v) is 2.44. The van der Waals surface area contributed by atoms with E-state index in [1.54, 1.807) is 0 Å². The zero-order chi connectivity index (χ0) is 13.6. The molecule has 0 aliphatic carbocycles.